The SMILES string of the molecule is CCOc1cc(/C=C2\S/C(=N/c3nnc(C)s3)N(c3ccccc3)C2=O)ccc1O. The van der Waals surface area contributed by atoms with Gasteiger partial charge in [-0.1, -0.05) is 35.6 Å². The van der Waals surface area contributed by atoms with E-state index in [9.17, 15) is 9.90 Å². The summed E-state index contributed by atoms with van der Waals surface area (Å²) in [7, 11) is 0. The van der Waals surface area contributed by atoms with E-state index in [0.29, 0.717) is 27.6 Å². The molecule has 3 aromatic rings. The number of amides is 1. The molecule has 152 valence electrons. The van der Waals surface area contributed by atoms with Crippen molar-refractivity contribution in [1.29, 1.82) is 0 Å². The molecule has 0 spiro atoms. The van der Waals surface area contributed by atoms with Crippen LogP contribution >= 0.6 is 23.1 Å². The minimum atomic E-state index is -0.183. The normalized spacial score (nSPS) is 16.6. The summed E-state index contributed by atoms with van der Waals surface area (Å²) in [6, 6.07) is 14.3. The Bertz CT molecular complexity index is 1140. The average molecular weight is 439 g/mol. The Morgan fingerprint density at radius 3 is 2.70 bits per heavy atom. The molecule has 0 aliphatic carbocycles. The minimum Gasteiger partial charge on any atom is -0.504 e. The number of anilines is 1. The second-order valence-corrected chi connectivity index (χ2v) is 8.41. The van der Waals surface area contributed by atoms with Gasteiger partial charge < -0.3 is 9.84 Å². The first-order valence-corrected chi connectivity index (χ1v) is 10.8. The quantitative estimate of drug-likeness (QED) is 0.578. The lowest BCUT2D eigenvalue weighted by atomic mass is 10.2. The van der Waals surface area contributed by atoms with Gasteiger partial charge >= 0.3 is 0 Å². The van der Waals surface area contributed by atoms with Gasteiger partial charge in [0.2, 0.25) is 5.13 Å². The van der Waals surface area contributed by atoms with E-state index >= 15 is 0 Å². The molecule has 0 unspecified atom stereocenters. The number of aromatic nitrogens is 2. The van der Waals surface area contributed by atoms with Crippen molar-refractivity contribution in [1.82, 2.24) is 10.2 Å². The Morgan fingerprint density at radius 2 is 2.00 bits per heavy atom. The number of aromatic hydroxyl groups is 1. The number of hydrogen-bond acceptors (Lipinski definition) is 8. The number of para-hydroxylation sites is 1. The Balaban J connectivity index is 1.74. The Hall–Kier alpha value is -3.17. The lowest BCUT2D eigenvalue weighted by Crippen LogP contribution is -2.28. The number of aryl methyl sites for hydroxylation is 1. The van der Waals surface area contributed by atoms with Gasteiger partial charge in [-0.2, -0.15) is 4.99 Å². The smallest absolute Gasteiger partial charge is 0.271 e. The molecule has 0 saturated carbocycles. The standard InChI is InChI=1S/C21H18N4O3S2/c1-3-28-17-11-14(9-10-16(17)26)12-18-19(27)25(15-7-5-4-6-8-15)21(30-18)22-20-24-23-13(2)29-20/h4-12,26H,3H2,1-2H3/b18-12-,22-21+. The molecule has 1 fully saturated rings. The van der Waals surface area contributed by atoms with Crippen LogP contribution in [0.15, 0.2) is 58.4 Å². The molecule has 1 saturated heterocycles. The molecular formula is C21H18N4O3S2. The largest absolute Gasteiger partial charge is 0.504 e. The van der Waals surface area contributed by atoms with Crippen molar-refractivity contribution < 1.29 is 14.6 Å². The van der Waals surface area contributed by atoms with Crippen LogP contribution in [0.25, 0.3) is 6.08 Å². The molecule has 9 heteroatoms. The van der Waals surface area contributed by atoms with E-state index in [2.05, 4.69) is 15.2 Å². The van der Waals surface area contributed by atoms with Crippen molar-refractivity contribution in [3.8, 4) is 11.5 Å². The number of ether oxygens (including phenoxy) is 1. The Kier molecular flexibility index (Phi) is 5.82. The summed E-state index contributed by atoms with van der Waals surface area (Å²) in [5, 5.41) is 19.8. The third-order valence-electron chi connectivity index (χ3n) is 4.11. The summed E-state index contributed by atoms with van der Waals surface area (Å²) in [6.45, 7) is 4.13. The number of nitrogens with zero attached hydrogens (tertiary/aromatic N) is 4. The Labute approximate surface area is 181 Å². The highest BCUT2D eigenvalue weighted by atomic mass is 32.2. The van der Waals surface area contributed by atoms with E-state index in [1.165, 1.54) is 23.1 Å². The zero-order valence-corrected chi connectivity index (χ0v) is 17.9. The number of thioether (sulfide) groups is 1. The first-order chi connectivity index (χ1) is 14.5. The van der Waals surface area contributed by atoms with E-state index in [-0.39, 0.29) is 11.7 Å². The highest BCUT2D eigenvalue weighted by Gasteiger charge is 2.35. The van der Waals surface area contributed by atoms with Gasteiger partial charge in [0.15, 0.2) is 16.7 Å². The van der Waals surface area contributed by atoms with Crippen LogP contribution in [0.4, 0.5) is 10.8 Å². The van der Waals surface area contributed by atoms with Gasteiger partial charge in [-0.25, -0.2) is 0 Å². The third kappa shape index (κ3) is 4.22. The van der Waals surface area contributed by atoms with Gasteiger partial charge in [-0.3, -0.25) is 9.69 Å². The maximum atomic E-state index is 13.2. The van der Waals surface area contributed by atoms with E-state index in [1.54, 1.807) is 29.2 Å². The zero-order chi connectivity index (χ0) is 21.1. The predicted octanol–water partition coefficient (Wildman–Crippen LogP) is 4.76. The van der Waals surface area contributed by atoms with Crippen molar-refractivity contribution in [3.05, 3.63) is 64.0 Å². The van der Waals surface area contributed by atoms with Crippen molar-refractivity contribution in [3.63, 3.8) is 0 Å². The first kappa shape index (κ1) is 20.1. The van der Waals surface area contributed by atoms with Crippen LogP contribution in [0.2, 0.25) is 0 Å². The fraction of sp³-hybridized carbons (Fsp3) is 0.143. The monoisotopic (exact) mass is 438 g/mol. The van der Waals surface area contributed by atoms with Crippen LogP contribution in [0.5, 0.6) is 11.5 Å². The Morgan fingerprint density at radius 1 is 1.20 bits per heavy atom. The average Bonchev–Trinajstić information content (AvgIpc) is 3.28. The molecule has 1 aliphatic heterocycles. The summed E-state index contributed by atoms with van der Waals surface area (Å²) >= 11 is 2.63. The van der Waals surface area contributed by atoms with Gasteiger partial charge in [-0.05, 0) is 61.5 Å². The van der Waals surface area contributed by atoms with Crippen molar-refractivity contribution in [2.24, 2.45) is 4.99 Å². The minimum absolute atomic E-state index is 0.0594. The summed E-state index contributed by atoms with van der Waals surface area (Å²) in [5.41, 5.74) is 1.47. The fourth-order valence-corrected chi connectivity index (χ4v) is 4.41. The molecule has 7 nitrogen and oxygen atoms in total. The van der Waals surface area contributed by atoms with Crippen molar-refractivity contribution in [2.45, 2.75) is 13.8 Å². The molecule has 2 heterocycles. The van der Waals surface area contributed by atoms with Crippen LogP contribution in [0.1, 0.15) is 17.5 Å². The fourth-order valence-electron chi connectivity index (χ4n) is 2.81. The van der Waals surface area contributed by atoms with Crippen molar-refractivity contribution >= 4 is 51.1 Å². The second-order valence-electron chi connectivity index (χ2n) is 6.24. The lowest BCUT2D eigenvalue weighted by Gasteiger charge is -2.14. The second kappa shape index (κ2) is 8.68. The number of carbonyl (C=O) groups excluding carboxylic acids is 1. The number of benzene rings is 2. The summed E-state index contributed by atoms with van der Waals surface area (Å²) in [4.78, 5) is 19.9. The van der Waals surface area contributed by atoms with Crippen LogP contribution in [0, 0.1) is 6.92 Å². The predicted molar refractivity (Wildman–Crippen MR) is 121 cm³/mol. The maximum absolute atomic E-state index is 13.2. The van der Waals surface area contributed by atoms with Crippen LogP contribution in [-0.4, -0.2) is 33.0 Å². The maximum Gasteiger partial charge on any atom is 0.271 e. The van der Waals surface area contributed by atoms with E-state index in [1.807, 2.05) is 44.2 Å². The summed E-state index contributed by atoms with van der Waals surface area (Å²) < 4.78 is 5.44. The highest BCUT2D eigenvalue weighted by Crippen LogP contribution is 2.38. The molecular weight excluding hydrogens is 420 g/mol. The van der Waals surface area contributed by atoms with Gasteiger partial charge in [0.25, 0.3) is 5.91 Å². The number of hydrogen-bond donors (Lipinski definition) is 1. The number of rotatable bonds is 5. The van der Waals surface area contributed by atoms with Crippen LogP contribution in [0.3, 0.4) is 0 Å². The third-order valence-corrected chi connectivity index (χ3v) is 5.81. The molecule has 1 aliphatic rings. The van der Waals surface area contributed by atoms with Gasteiger partial charge in [0, 0.05) is 0 Å². The first-order valence-electron chi connectivity index (χ1n) is 9.19. The number of phenols is 1. The van der Waals surface area contributed by atoms with E-state index in [4.69, 9.17) is 4.74 Å². The van der Waals surface area contributed by atoms with Crippen LogP contribution < -0.4 is 9.64 Å². The molecule has 30 heavy (non-hydrogen) atoms. The molecule has 4 rings (SSSR count). The molecule has 1 N–H and O–H groups in total. The molecule has 0 bridgehead atoms. The zero-order valence-electron chi connectivity index (χ0n) is 16.3. The van der Waals surface area contributed by atoms with Crippen LogP contribution in [-0.2, 0) is 4.79 Å². The van der Waals surface area contributed by atoms with Crippen molar-refractivity contribution in [2.75, 3.05) is 11.5 Å². The van der Waals surface area contributed by atoms with Gasteiger partial charge in [-0.15, -0.1) is 10.2 Å². The molecule has 1 amide bonds. The number of phenolic OH excluding ortho intramolecular Hbond substituents is 1. The number of carbonyl (C=O) groups is 1. The molecule has 0 atom stereocenters. The molecule has 0 radical (unpaired) electrons. The highest BCUT2D eigenvalue weighted by molar-refractivity contribution is 8.19. The summed E-state index contributed by atoms with van der Waals surface area (Å²) in [6.07, 6.45) is 1.76. The van der Waals surface area contributed by atoms with E-state index in [0.717, 1.165) is 16.3 Å². The topological polar surface area (TPSA) is 87.9 Å². The molecule has 1 aromatic heterocycles. The number of amidine groups is 1. The lowest BCUT2D eigenvalue weighted by molar-refractivity contribution is -0.113. The molecule has 2 aromatic carbocycles. The van der Waals surface area contributed by atoms with E-state index < -0.39 is 0 Å². The van der Waals surface area contributed by atoms with Gasteiger partial charge in [0.05, 0.1) is 17.2 Å². The number of aliphatic imine (C=N–C) groups is 1. The summed E-state index contributed by atoms with van der Waals surface area (Å²) in [5.74, 6) is 0.252. The van der Waals surface area contributed by atoms with Gasteiger partial charge in [0.1, 0.15) is 5.01 Å².